The van der Waals surface area contributed by atoms with Gasteiger partial charge in [-0.3, -0.25) is 0 Å². The van der Waals surface area contributed by atoms with Crippen LogP contribution in [0.1, 0.15) is 18.1 Å². The minimum absolute atomic E-state index is 0.572. The number of hydrogen-bond acceptors (Lipinski definition) is 2. The predicted octanol–water partition coefficient (Wildman–Crippen LogP) is 2.18. The Bertz CT molecular complexity index is 558. The number of nitrogens with one attached hydrogen (secondary N) is 2. The third kappa shape index (κ3) is 2.53. The fourth-order valence-corrected chi connectivity index (χ4v) is 3.13. The topological polar surface area (TPSA) is 31.1 Å². The first-order valence-electron chi connectivity index (χ1n) is 7.27. The molecule has 1 atom stereocenters. The summed E-state index contributed by atoms with van der Waals surface area (Å²) >= 11 is 0. The summed E-state index contributed by atoms with van der Waals surface area (Å²) in [6.45, 7) is 5.61. The Kier molecular flexibility index (Phi) is 3.58. The highest BCUT2D eigenvalue weighted by Gasteiger charge is 2.18. The van der Waals surface area contributed by atoms with Crippen molar-refractivity contribution >= 4 is 10.9 Å². The second-order valence-corrected chi connectivity index (χ2v) is 5.62. The fraction of sp³-hybridized carbons (Fsp3) is 0.500. The van der Waals surface area contributed by atoms with Gasteiger partial charge in [0.1, 0.15) is 0 Å². The van der Waals surface area contributed by atoms with Crippen molar-refractivity contribution < 1.29 is 0 Å². The van der Waals surface area contributed by atoms with E-state index in [0.717, 1.165) is 32.5 Å². The quantitative estimate of drug-likeness (QED) is 0.883. The van der Waals surface area contributed by atoms with Crippen LogP contribution in [0.4, 0.5) is 0 Å². The molecule has 19 heavy (non-hydrogen) atoms. The molecule has 2 heterocycles. The lowest BCUT2D eigenvalue weighted by atomic mass is 10.0. The standard InChI is InChI=1S/C16H23N3/c1-3-12-5-4-6-15-13(10-18-16(12)15)9-14-11-19(2)8-7-17-14/h4-6,10,14,17-18H,3,7-9,11H2,1-2H3. The van der Waals surface area contributed by atoms with Crippen molar-refractivity contribution in [2.24, 2.45) is 0 Å². The van der Waals surface area contributed by atoms with E-state index < -0.39 is 0 Å². The highest BCUT2D eigenvalue weighted by atomic mass is 15.2. The number of aryl methyl sites for hydroxylation is 1. The van der Waals surface area contributed by atoms with Gasteiger partial charge in [0.15, 0.2) is 0 Å². The molecule has 102 valence electrons. The second kappa shape index (κ2) is 5.35. The lowest BCUT2D eigenvalue weighted by Crippen LogP contribution is -2.49. The smallest absolute Gasteiger partial charge is 0.0489 e. The van der Waals surface area contributed by atoms with E-state index in [2.05, 4.69) is 53.6 Å². The second-order valence-electron chi connectivity index (χ2n) is 5.62. The Morgan fingerprint density at radius 1 is 1.32 bits per heavy atom. The average molecular weight is 257 g/mol. The molecule has 0 spiro atoms. The van der Waals surface area contributed by atoms with Gasteiger partial charge in [-0.1, -0.05) is 25.1 Å². The summed E-state index contributed by atoms with van der Waals surface area (Å²) < 4.78 is 0. The fourth-order valence-electron chi connectivity index (χ4n) is 3.13. The van der Waals surface area contributed by atoms with Crippen LogP contribution in [0.3, 0.4) is 0 Å². The third-order valence-electron chi connectivity index (χ3n) is 4.19. The molecule has 2 N–H and O–H groups in total. The van der Waals surface area contributed by atoms with Crippen molar-refractivity contribution in [2.45, 2.75) is 25.8 Å². The number of likely N-dealkylation sites (N-methyl/N-ethyl adjacent to an activating group) is 1. The monoisotopic (exact) mass is 257 g/mol. The molecule has 1 aliphatic heterocycles. The zero-order valence-electron chi connectivity index (χ0n) is 11.9. The van der Waals surface area contributed by atoms with Gasteiger partial charge in [0.2, 0.25) is 0 Å². The number of H-pyrrole nitrogens is 1. The Labute approximate surface area is 115 Å². The summed E-state index contributed by atoms with van der Waals surface area (Å²) in [5.74, 6) is 0. The van der Waals surface area contributed by atoms with Crippen LogP contribution < -0.4 is 5.32 Å². The Morgan fingerprint density at radius 3 is 3.00 bits per heavy atom. The molecule has 0 saturated carbocycles. The molecule has 3 heteroatoms. The summed E-state index contributed by atoms with van der Waals surface area (Å²) in [6, 6.07) is 7.21. The maximum Gasteiger partial charge on any atom is 0.0489 e. The third-order valence-corrected chi connectivity index (χ3v) is 4.19. The maximum atomic E-state index is 3.63. The molecule has 1 aliphatic rings. The molecule has 0 aliphatic carbocycles. The van der Waals surface area contributed by atoms with Crippen LogP contribution in [0.25, 0.3) is 10.9 Å². The number of hydrogen-bond donors (Lipinski definition) is 2. The molecule has 0 amide bonds. The molecular formula is C16H23N3. The first kappa shape index (κ1) is 12.7. The van der Waals surface area contributed by atoms with Gasteiger partial charge in [-0.15, -0.1) is 0 Å². The predicted molar refractivity (Wildman–Crippen MR) is 80.7 cm³/mol. The summed E-state index contributed by atoms with van der Waals surface area (Å²) in [5.41, 5.74) is 4.18. The minimum atomic E-state index is 0.572. The normalized spacial score (nSPS) is 21.1. The van der Waals surface area contributed by atoms with Gasteiger partial charge in [-0.25, -0.2) is 0 Å². The Hall–Kier alpha value is -1.32. The first-order chi connectivity index (χ1) is 9.28. The summed E-state index contributed by atoms with van der Waals surface area (Å²) in [6.07, 6.45) is 4.39. The van der Waals surface area contributed by atoms with Gasteiger partial charge in [-0.05, 0) is 31.0 Å². The summed E-state index contributed by atoms with van der Waals surface area (Å²) in [7, 11) is 2.21. The number of piperazine rings is 1. The van der Waals surface area contributed by atoms with E-state index in [1.165, 1.54) is 22.0 Å². The van der Waals surface area contributed by atoms with Gasteiger partial charge >= 0.3 is 0 Å². The Balaban J connectivity index is 1.85. The van der Waals surface area contributed by atoms with Gasteiger partial charge in [-0.2, -0.15) is 0 Å². The molecule has 2 aromatic rings. The molecule has 3 nitrogen and oxygen atoms in total. The van der Waals surface area contributed by atoms with Crippen molar-refractivity contribution in [3.05, 3.63) is 35.5 Å². The van der Waals surface area contributed by atoms with Crippen molar-refractivity contribution in [3.8, 4) is 0 Å². The number of rotatable bonds is 3. The van der Waals surface area contributed by atoms with Crippen molar-refractivity contribution in [1.82, 2.24) is 15.2 Å². The average Bonchev–Trinajstić information content (AvgIpc) is 2.82. The molecule has 1 aromatic carbocycles. The van der Waals surface area contributed by atoms with Crippen molar-refractivity contribution in [3.63, 3.8) is 0 Å². The zero-order valence-corrected chi connectivity index (χ0v) is 11.9. The summed E-state index contributed by atoms with van der Waals surface area (Å²) in [5, 5.41) is 5.02. The van der Waals surface area contributed by atoms with E-state index >= 15 is 0 Å². The summed E-state index contributed by atoms with van der Waals surface area (Å²) in [4.78, 5) is 5.88. The molecule has 1 saturated heterocycles. The van der Waals surface area contributed by atoms with Crippen molar-refractivity contribution in [1.29, 1.82) is 0 Å². The van der Waals surface area contributed by atoms with Crippen molar-refractivity contribution in [2.75, 3.05) is 26.7 Å². The van der Waals surface area contributed by atoms with Crippen LogP contribution in [0.2, 0.25) is 0 Å². The molecule has 1 fully saturated rings. The van der Waals surface area contributed by atoms with Gasteiger partial charge < -0.3 is 15.2 Å². The molecule has 3 rings (SSSR count). The van der Waals surface area contributed by atoms with E-state index in [1.807, 2.05) is 0 Å². The van der Waals surface area contributed by atoms with E-state index in [4.69, 9.17) is 0 Å². The molecule has 0 radical (unpaired) electrons. The number of nitrogens with zero attached hydrogens (tertiary/aromatic N) is 1. The lowest BCUT2D eigenvalue weighted by Gasteiger charge is -2.30. The van der Waals surface area contributed by atoms with E-state index in [1.54, 1.807) is 0 Å². The molecular weight excluding hydrogens is 234 g/mol. The Morgan fingerprint density at radius 2 is 2.21 bits per heavy atom. The van der Waals surface area contributed by atoms with Crippen LogP contribution in [-0.2, 0) is 12.8 Å². The van der Waals surface area contributed by atoms with Gasteiger partial charge in [0, 0.05) is 42.8 Å². The largest absolute Gasteiger partial charge is 0.361 e. The highest BCUT2D eigenvalue weighted by molar-refractivity contribution is 5.86. The van der Waals surface area contributed by atoms with Crippen LogP contribution >= 0.6 is 0 Å². The van der Waals surface area contributed by atoms with Crippen LogP contribution in [0.5, 0.6) is 0 Å². The molecule has 1 aromatic heterocycles. The van der Waals surface area contributed by atoms with Crippen LogP contribution in [-0.4, -0.2) is 42.6 Å². The maximum absolute atomic E-state index is 3.63. The van der Waals surface area contributed by atoms with E-state index in [0.29, 0.717) is 6.04 Å². The molecule has 1 unspecified atom stereocenters. The minimum Gasteiger partial charge on any atom is -0.361 e. The highest BCUT2D eigenvalue weighted by Crippen LogP contribution is 2.23. The van der Waals surface area contributed by atoms with Gasteiger partial charge in [0.25, 0.3) is 0 Å². The number of benzene rings is 1. The van der Waals surface area contributed by atoms with E-state index in [-0.39, 0.29) is 0 Å². The number of aromatic nitrogens is 1. The van der Waals surface area contributed by atoms with Gasteiger partial charge in [0.05, 0.1) is 0 Å². The number of fused-ring (bicyclic) bond motifs is 1. The number of aromatic amines is 1. The first-order valence-corrected chi connectivity index (χ1v) is 7.27. The van der Waals surface area contributed by atoms with Crippen LogP contribution in [0.15, 0.2) is 24.4 Å². The zero-order chi connectivity index (χ0) is 13.2. The lowest BCUT2D eigenvalue weighted by molar-refractivity contribution is 0.238. The van der Waals surface area contributed by atoms with E-state index in [9.17, 15) is 0 Å². The number of para-hydroxylation sites is 1. The molecule has 0 bridgehead atoms. The SMILES string of the molecule is CCc1cccc2c(CC3CN(C)CCN3)c[nH]c12. The van der Waals surface area contributed by atoms with Crippen LogP contribution in [0, 0.1) is 0 Å².